The molecule has 0 aliphatic carbocycles. The Kier molecular flexibility index (Phi) is 3.61. The summed E-state index contributed by atoms with van der Waals surface area (Å²) in [5, 5.41) is 0. The third kappa shape index (κ3) is 2.44. The zero-order valence-electron chi connectivity index (χ0n) is 9.61. The van der Waals surface area contributed by atoms with Crippen molar-refractivity contribution >= 4 is 17.2 Å². The lowest BCUT2D eigenvalue weighted by molar-refractivity contribution is -0.131. The van der Waals surface area contributed by atoms with Gasteiger partial charge in [0.15, 0.2) is 0 Å². The van der Waals surface area contributed by atoms with Crippen LogP contribution in [-0.2, 0) is 11.2 Å². The van der Waals surface area contributed by atoms with Crippen molar-refractivity contribution in [2.24, 2.45) is 5.73 Å². The molecule has 16 heavy (non-hydrogen) atoms. The van der Waals surface area contributed by atoms with Crippen LogP contribution >= 0.6 is 11.3 Å². The zero-order chi connectivity index (χ0) is 11.5. The van der Waals surface area contributed by atoms with Gasteiger partial charge in [-0.15, -0.1) is 11.3 Å². The first-order valence-corrected chi connectivity index (χ1v) is 6.57. The van der Waals surface area contributed by atoms with Crippen LogP contribution in [0.25, 0.3) is 0 Å². The number of hydrogen-bond donors (Lipinski definition) is 1. The number of carbonyl (C=O) groups is 1. The molecule has 1 atom stereocenters. The molecule has 1 fully saturated rings. The van der Waals surface area contributed by atoms with Crippen molar-refractivity contribution in [3.63, 3.8) is 0 Å². The molecule has 0 bridgehead atoms. The number of nitrogens with zero attached hydrogens (tertiary/aromatic N) is 1. The summed E-state index contributed by atoms with van der Waals surface area (Å²) in [5.41, 5.74) is 5.67. The first kappa shape index (κ1) is 11.6. The molecule has 3 nitrogen and oxygen atoms in total. The maximum Gasteiger partial charge on any atom is 0.228 e. The number of likely N-dealkylation sites (tertiary alicyclic amines) is 1. The number of aryl methyl sites for hydroxylation is 1. The maximum atomic E-state index is 12.1. The molecular formula is C12H18N2OS. The monoisotopic (exact) mass is 238 g/mol. The fourth-order valence-electron chi connectivity index (χ4n) is 2.24. The minimum absolute atomic E-state index is 0.231. The van der Waals surface area contributed by atoms with E-state index in [0.29, 0.717) is 13.0 Å². The van der Waals surface area contributed by atoms with Crippen molar-refractivity contribution in [1.82, 2.24) is 4.90 Å². The Hall–Kier alpha value is -0.870. The van der Waals surface area contributed by atoms with Crippen molar-refractivity contribution in [1.29, 1.82) is 0 Å². The molecule has 1 aromatic heterocycles. The van der Waals surface area contributed by atoms with Crippen LogP contribution in [0.2, 0.25) is 0 Å². The molecule has 4 heteroatoms. The molecule has 2 N–H and O–H groups in total. The molecule has 1 aliphatic heterocycles. The van der Waals surface area contributed by atoms with Gasteiger partial charge in [0.2, 0.25) is 5.91 Å². The second-order valence-corrected chi connectivity index (χ2v) is 5.68. The van der Waals surface area contributed by atoms with E-state index in [0.717, 1.165) is 24.3 Å². The zero-order valence-corrected chi connectivity index (χ0v) is 10.4. The van der Waals surface area contributed by atoms with Gasteiger partial charge in [-0.1, -0.05) is 0 Å². The third-order valence-electron chi connectivity index (χ3n) is 3.09. The fraction of sp³-hybridized carbons (Fsp3) is 0.583. The number of hydrogen-bond acceptors (Lipinski definition) is 3. The van der Waals surface area contributed by atoms with Crippen LogP contribution in [0.5, 0.6) is 0 Å². The first-order valence-electron chi connectivity index (χ1n) is 5.75. The predicted octanol–water partition coefficient (Wildman–Crippen LogP) is 1.55. The van der Waals surface area contributed by atoms with Gasteiger partial charge in [-0.3, -0.25) is 4.79 Å². The highest BCUT2D eigenvalue weighted by molar-refractivity contribution is 7.12. The highest BCUT2D eigenvalue weighted by Crippen LogP contribution is 2.20. The van der Waals surface area contributed by atoms with Gasteiger partial charge in [-0.05, 0) is 31.9 Å². The number of thiophene rings is 1. The summed E-state index contributed by atoms with van der Waals surface area (Å²) >= 11 is 1.70. The van der Waals surface area contributed by atoms with Crippen LogP contribution in [0.3, 0.4) is 0 Å². The largest absolute Gasteiger partial charge is 0.338 e. The summed E-state index contributed by atoms with van der Waals surface area (Å²) in [6.45, 7) is 3.54. The normalized spacial score (nSPS) is 20.4. The first-order chi connectivity index (χ1) is 7.70. The third-order valence-corrected chi connectivity index (χ3v) is 4.09. The topological polar surface area (TPSA) is 46.3 Å². The Morgan fingerprint density at radius 1 is 1.62 bits per heavy atom. The fourth-order valence-corrected chi connectivity index (χ4v) is 3.12. The molecule has 0 aromatic carbocycles. The second kappa shape index (κ2) is 4.97. The average molecular weight is 238 g/mol. The van der Waals surface area contributed by atoms with Crippen molar-refractivity contribution in [3.05, 3.63) is 21.9 Å². The number of amides is 1. The lowest BCUT2D eigenvalue weighted by Crippen LogP contribution is -2.40. The lowest BCUT2D eigenvalue weighted by Gasteiger charge is -2.23. The lowest BCUT2D eigenvalue weighted by atomic mass is 10.2. The summed E-state index contributed by atoms with van der Waals surface area (Å²) in [7, 11) is 0. The Morgan fingerprint density at radius 2 is 2.44 bits per heavy atom. The summed E-state index contributed by atoms with van der Waals surface area (Å²) in [6.07, 6.45) is 2.69. The molecule has 1 saturated heterocycles. The summed E-state index contributed by atoms with van der Waals surface area (Å²) in [6, 6.07) is 4.39. The number of carbonyl (C=O) groups excluding carboxylic acids is 1. The Morgan fingerprint density at radius 3 is 3.06 bits per heavy atom. The van der Waals surface area contributed by atoms with E-state index in [1.165, 1.54) is 4.88 Å². The van der Waals surface area contributed by atoms with Crippen LogP contribution in [0.1, 0.15) is 22.6 Å². The standard InChI is InChI=1S/C12H18N2OS/c1-9-4-5-11(16-9)7-12(15)14-6-2-3-10(14)8-13/h4-5,10H,2-3,6-8,13H2,1H3. The maximum absolute atomic E-state index is 12.1. The summed E-state index contributed by atoms with van der Waals surface area (Å²) in [4.78, 5) is 16.4. The highest BCUT2D eigenvalue weighted by atomic mass is 32.1. The predicted molar refractivity (Wildman–Crippen MR) is 66.5 cm³/mol. The Balaban J connectivity index is 1.97. The molecule has 88 valence electrons. The van der Waals surface area contributed by atoms with Crippen LogP contribution in [0, 0.1) is 6.92 Å². The SMILES string of the molecule is Cc1ccc(CC(=O)N2CCCC2CN)s1. The molecule has 2 heterocycles. The minimum Gasteiger partial charge on any atom is -0.338 e. The van der Waals surface area contributed by atoms with E-state index in [9.17, 15) is 4.79 Å². The molecule has 1 unspecified atom stereocenters. The van der Waals surface area contributed by atoms with Crippen LogP contribution in [0.4, 0.5) is 0 Å². The quantitative estimate of drug-likeness (QED) is 0.868. The van der Waals surface area contributed by atoms with Gasteiger partial charge in [0, 0.05) is 28.9 Å². The molecule has 0 radical (unpaired) electrons. The van der Waals surface area contributed by atoms with E-state index in [-0.39, 0.29) is 11.9 Å². The molecule has 0 saturated carbocycles. The minimum atomic E-state index is 0.231. The Labute approximate surface area is 100 Å². The van der Waals surface area contributed by atoms with E-state index in [1.54, 1.807) is 11.3 Å². The summed E-state index contributed by atoms with van der Waals surface area (Å²) < 4.78 is 0. The van der Waals surface area contributed by atoms with Gasteiger partial charge in [0.25, 0.3) is 0 Å². The molecule has 0 spiro atoms. The molecule has 1 amide bonds. The van der Waals surface area contributed by atoms with E-state index in [2.05, 4.69) is 13.0 Å². The highest BCUT2D eigenvalue weighted by Gasteiger charge is 2.27. The van der Waals surface area contributed by atoms with Gasteiger partial charge >= 0.3 is 0 Å². The average Bonchev–Trinajstić information content (AvgIpc) is 2.86. The van der Waals surface area contributed by atoms with E-state index in [4.69, 9.17) is 5.73 Å². The molecular weight excluding hydrogens is 220 g/mol. The van der Waals surface area contributed by atoms with Gasteiger partial charge < -0.3 is 10.6 Å². The van der Waals surface area contributed by atoms with Gasteiger partial charge in [0.1, 0.15) is 0 Å². The second-order valence-electron chi connectivity index (χ2n) is 4.31. The van der Waals surface area contributed by atoms with Gasteiger partial charge in [-0.2, -0.15) is 0 Å². The number of rotatable bonds is 3. The van der Waals surface area contributed by atoms with Crippen molar-refractivity contribution in [2.75, 3.05) is 13.1 Å². The number of nitrogens with two attached hydrogens (primary N) is 1. The van der Waals surface area contributed by atoms with Gasteiger partial charge in [0.05, 0.1) is 6.42 Å². The van der Waals surface area contributed by atoms with Crippen molar-refractivity contribution in [2.45, 2.75) is 32.2 Å². The molecule has 2 rings (SSSR count). The van der Waals surface area contributed by atoms with E-state index < -0.39 is 0 Å². The van der Waals surface area contributed by atoms with E-state index in [1.807, 2.05) is 11.0 Å². The molecule has 1 aromatic rings. The smallest absolute Gasteiger partial charge is 0.228 e. The van der Waals surface area contributed by atoms with Crippen LogP contribution < -0.4 is 5.73 Å². The summed E-state index contributed by atoms with van der Waals surface area (Å²) in [5.74, 6) is 0.231. The van der Waals surface area contributed by atoms with Gasteiger partial charge in [-0.25, -0.2) is 0 Å². The van der Waals surface area contributed by atoms with Crippen LogP contribution in [0.15, 0.2) is 12.1 Å². The Bertz CT molecular complexity index is 375. The molecule has 1 aliphatic rings. The van der Waals surface area contributed by atoms with Crippen molar-refractivity contribution < 1.29 is 4.79 Å². The van der Waals surface area contributed by atoms with E-state index >= 15 is 0 Å². The van der Waals surface area contributed by atoms with Crippen LogP contribution in [-0.4, -0.2) is 29.9 Å². The van der Waals surface area contributed by atoms with Crippen molar-refractivity contribution in [3.8, 4) is 0 Å².